The van der Waals surface area contributed by atoms with Crippen molar-refractivity contribution >= 4 is 39.9 Å². The fourth-order valence-corrected chi connectivity index (χ4v) is 2.13. The summed E-state index contributed by atoms with van der Waals surface area (Å²) in [5.41, 5.74) is 5.45. The van der Waals surface area contributed by atoms with Gasteiger partial charge in [0.1, 0.15) is 18.2 Å². The highest BCUT2D eigenvalue weighted by Gasteiger charge is 2.11. The molecule has 21 heavy (non-hydrogen) atoms. The van der Waals surface area contributed by atoms with Gasteiger partial charge in [-0.2, -0.15) is 0 Å². The molecule has 1 heterocycles. The Kier molecular flexibility index (Phi) is 4.56. The average Bonchev–Trinajstić information content (AvgIpc) is 2.43. The molecule has 3 N–H and O–H groups in total. The number of nitrogens with zero attached hydrogens (tertiary/aromatic N) is 2. The van der Waals surface area contributed by atoms with Gasteiger partial charge in [0.25, 0.3) is 5.56 Å². The van der Waals surface area contributed by atoms with Crippen molar-refractivity contribution in [2.45, 2.75) is 13.5 Å². The van der Waals surface area contributed by atoms with E-state index in [0.717, 1.165) is 6.07 Å². The van der Waals surface area contributed by atoms with Crippen LogP contribution in [0.3, 0.4) is 0 Å². The monoisotopic (exact) mass is 402 g/mol. The van der Waals surface area contributed by atoms with Crippen molar-refractivity contribution in [2.24, 2.45) is 0 Å². The molecule has 110 valence electrons. The highest BCUT2D eigenvalue weighted by Crippen LogP contribution is 2.16. The predicted molar refractivity (Wildman–Crippen MR) is 85.4 cm³/mol. The second-order valence-electron chi connectivity index (χ2n) is 4.33. The van der Waals surface area contributed by atoms with Gasteiger partial charge in [0.05, 0.1) is 9.26 Å². The van der Waals surface area contributed by atoms with Gasteiger partial charge in [0.15, 0.2) is 0 Å². The first-order valence-electron chi connectivity index (χ1n) is 5.95. The number of carbonyl (C=O) groups excluding carboxylic acids is 1. The van der Waals surface area contributed by atoms with E-state index in [0.29, 0.717) is 15.1 Å². The number of benzene rings is 1. The number of halogens is 2. The number of hydrogen-bond donors (Lipinski definition) is 2. The van der Waals surface area contributed by atoms with Crippen LogP contribution in [0.15, 0.2) is 29.2 Å². The van der Waals surface area contributed by atoms with E-state index >= 15 is 0 Å². The third kappa shape index (κ3) is 3.57. The summed E-state index contributed by atoms with van der Waals surface area (Å²) in [7, 11) is 0. The predicted octanol–water partition coefficient (Wildman–Crippen LogP) is 1.52. The van der Waals surface area contributed by atoms with E-state index in [9.17, 15) is 14.0 Å². The molecule has 2 rings (SSSR count). The number of hydrogen-bond acceptors (Lipinski definition) is 4. The van der Waals surface area contributed by atoms with Gasteiger partial charge < -0.3 is 11.1 Å². The molecule has 0 radical (unpaired) electrons. The molecule has 0 saturated heterocycles. The Hall–Kier alpha value is -1.97. The fraction of sp³-hybridized carbons (Fsp3) is 0.154. The lowest BCUT2D eigenvalue weighted by Gasteiger charge is -2.10. The van der Waals surface area contributed by atoms with Gasteiger partial charge >= 0.3 is 0 Å². The maximum absolute atomic E-state index is 13.0. The fourth-order valence-electron chi connectivity index (χ4n) is 1.70. The summed E-state index contributed by atoms with van der Waals surface area (Å²) in [5, 5.41) is 2.56. The average molecular weight is 402 g/mol. The van der Waals surface area contributed by atoms with Gasteiger partial charge in [-0.1, -0.05) is 0 Å². The highest BCUT2D eigenvalue weighted by molar-refractivity contribution is 14.1. The van der Waals surface area contributed by atoms with Crippen LogP contribution in [0.5, 0.6) is 0 Å². The minimum absolute atomic E-state index is 0.0583. The third-order valence-electron chi connectivity index (χ3n) is 2.79. The molecule has 1 aromatic heterocycles. The van der Waals surface area contributed by atoms with Crippen molar-refractivity contribution in [2.75, 3.05) is 11.1 Å². The minimum Gasteiger partial charge on any atom is -0.396 e. The quantitative estimate of drug-likeness (QED) is 0.602. The molecule has 0 bridgehead atoms. The smallest absolute Gasteiger partial charge is 0.267 e. The van der Waals surface area contributed by atoms with Crippen molar-refractivity contribution in [3.05, 3.63) is 50.0 Å². The Labute approximate surface area is 133 Å². The van der Waals surface area contributed by atoms with Crippen molar-refractivity contribution in [1.82, 2.24) is 9.55 Å². The second kappa shape index (κ2) is 6.20. The normalized spacial score (nSPS) is 10.4. The molecular formula is C13H12FIN4O2. The molecule has 0 fully saturated rings. The van der Waals surface area contributed by atoms with Gasteiger partial charge in [0, 0.05) is 11.9 Å². The van der Waals surface area contributed by atoms with Gasteiger partial charge in [-0.05, 0) is 47.7 Å². The van der Waals surface area contributed by atoms with E-state index in [2.05, 4.69) is 10.3 Å². The largest absolute Gasteiger partial charge is 0.396 e. The maximum Gasteiger partial charge on any atom is 0.267 e. The molecule has 0 aliphatic rings. The summed E-state index contributed by atoms with van der Waals surface area (Å²) in [4.78, 5) is 27.9. The molecule has 0 aliphatic carbocycles. The lowest BCUT2D eigenvalue weighted by molar-refractivity contribution is -0.116. The lowest BCUT2D eigenvalue weighted by atomic mass is 10.2. The summed E-state index contributed by atoms with van der Waals surface area (Å²) < 4.78 is 14.7. The Balaban J connectivity index is 2.17. The maximum atomic E-state index is 13.0. The molecule has 0 aliphatic heterocycles. The second-order valence-corrected chi connectivity index (χ2v) is 5.49. The van der Waals surface area contributed by atoms with Crippen LogP contribution in [0, 0.1) is 16.3 Å². The lowest BCUT2D eigenvalue weighted by Crippen LogP contribution is -2.31. The summed E-state index contributed by atoms with van der Waals surface area (Å²) in [6, 6.07) is 3.87. The van der Waals surface area contributed by atoms with E-state index in [1.165, 1.54) is 22.9 Å². The molecule has 1 amide bonds. The van der Waals surface area contributed by atoms with Crippen LogP contribution in [0.1, 0.15) is 5.82 Å². The van der Waals surface area contributed by atoms with Crippen LogP contribution in [-0.2, 0) is 11.3 Å². The van der Waals surface area contributed by atoms with Crippen molar-refractivity contribution in [3.63, 3.8) is 0 Å². The van der Waals surface area contributed by atoms with Crippen molar-refractivity contribution in [3.8, 4) is 0 Å². The SMILES string of the molecule is Cc1ncc(I)c(=O)n1CC(=O)Nc1ccc(F)c(N)c1. The van der Waals surface area contributed by atoms with Gasteiger partial charge in [-0.3, -0.25) is 14.2 Å². The third-order valence-corrected chi connectivity index (χ3v) is 3.53. The summed E-state index contributed by atoms with van der Waals surface area (Å²) >= 11 is 1.86. The van der Waals surface area contributed by atoms with Crippen molar-refractivity contribution in [1.29, 1.82) is 0 Å². The number of rotatable bonds is 3. The number of nitrogen functional groups attached to an aromatic ring is 1. The van der Waals surface area contributed by atoms with Crippen LogP contribution in [0.4, 0.5) is 15.8 Å². The zero-order chi connectivity index (χ0) is 15.6. The number of anilines is 2. The molecule has 6 nitrogen and oxygen atoms in total. The number of nitrogens with two attached hydrogens (primary N) is 1. The zero-order valence-electron chi connectivity index (χ0n) is 11.1. The van der Waals surface area contributed by atoms with Crippen molar-refractivity contribution < 1.29 is 9.18 Å². The van der Waals surface area contributed by atoms with E-state index in [-0.39, 0.29) is 17.8 Å². The summed E-state index contributed by atoms with van der Waals surface area (Å²) in [6.45, 7) is 1.46. The molecule has 0 saturated carbocycles. The van der Waals surface area contributed by atoms with Crippen LogP contribution in [-0.4, -0.2) is 15.5 Å². The van der Waals surface area contributed by atoms with E-state index in [4.69, 9.17) is 5.73 Å². The Morgan fingerprint density at radius 1 is 1.52 bits per heavy atom. The molecular weight excluding hydrogens is 390 g/mol. The molecule has 0 unspecified atom stereocenters. The van der Waals surface area contributed by atoms with Crippen LogP contribution in [0.2, 0.25) is 0 Å². The number of aromatic nitrogens is 2. The zero-order valence-corrected chi connectivity index (χ0v) is 13.2. The highest BCUT2D eigenvalue weighted by atomic mass is 127. The minimum atomic E-state index is -0.554. The van der Waals surface area contributed by atoms with Gasteiger partial charge in [0.2, 0.25) is 5.91 Å². The number of amides is 1. The van der Waals surface area contributed by atoms with Crippen LogP contribution in [0.25, 0.3) is 0 Å². The van der Waals surface area contributed by atoms with Crippen LogP contribution < -0.4 is 16.6 Å². The Bertz CT molecular complexity index is 760. The molecule has 0 spiro atoms. The number of aryl methyl sites for hydroxylation is 1. The first-order chi connectivity index (χ1) is 9.88. The summed E-state index contributed by atoms with van der Waals surface area (Å²) in [6.07, 6.45) is 1.45. The van der Waals surface area contributed by atoms with E-state index in [1.54, 1.807) is 6.92 Å². The molecule has 2 aromatic rings. The van der Waals surface area contributed by atoms with Gasteiger partial charge in [-0.25, -0.2) is 9.37 Å². The molecule has 0 atom stereocenters. The number of nitrogens with one attached hydrogen (secondary N) is 1. The first kappa shape index (κ1) is 15.4. The molecule has 1 aromatic carbocycles. The standard InChI is InChI=1S/C13H12FIN4O2/c1-7-17-5-10(15)13(21)19(7)6-12(20)18-8-2-3-9(14)11(16)4-8/h2-5H,6,16H2,1H3,(H,18,20). The van der Waals surface area contributed by atoms with Gasteiger partial charge in [-0.15, -0.1) is 0 Å². The number of carbonyl (C=O) groups is 1. The molecule has 8 heteroatoms. The summed E-state index contributed by atoms with van der Waals surface area (Å²) in [5.74, 6) is -0.536. The first-order valence-corrected chi connectivity index (χ1v) is 7.03. The topological polar surface area (TPSA) is 90.0 Å². The van der Waals surface area contributed by atoms with Crippen LogP contribution >= 0.6 is 22.6 Å². The van der Waals surface area contributed by atoms with E-state index in [1.807, 2.05) is 22.6 Å². The Morgan fingerprint density at radius 3 is 2.90 bits per heavy atom. The van der Waals surface area contributed by atoms with E-state index < -0.39 is 11.7 Å². The Morgan fingerprint density at radius 2 is 2.24 bits per heavy atom.